The van der Waals surface area contributed by atoms with Gasteiger partial charge in [0.05, 0.1) is 23.3 Å². The number of carbonyl (C=O) groups excluding carboxylic acids is 1. The smallest absolute Gasteiger partial charge is 0.347 e. The molecule has 5 rings (SSSR count). The monoisotopic (exact) mass is 524 g/mol. The van der Waals surface area contributed by atoms with Gasteiger partial charge in [0.15, 0.2) is 0 Å². The minimum absolute atomic E-state index is 0.0722. The molecule has 0 radical (unpaired) electrons. The van der Waals surface area contributed by atoms with Gasteiger partial charge < -0.3 is 19.9 Å². The summed E-state index contributed by atoms with van der Waals surface area (Å²) in [5, 5.41) is 12.0. The Morgan fingerprint density at radius 1 is 1.13 bits per heavy atom. The molecule has 0 unspecified atom stereocenters. The normalized spacial score (nSPS) is 14.3. The number of ether oxygens (including phenoxy) is 1. The van der Waals surface area contributed by atoms with Crippen LogP contribution < -0.4 is 5.73 Å². The lowest BCUT2D eigenvalue weighted by molar-refractivity contribution is -0.148. The molecule has 2 aromatic carbocycles. The lowest BCUT2D eigenvalue weighted by atomic mass is 9.88. The van der Waals surface area contributed by atoms with Crippen LogP contribution in [0, 0.1) is 5.41 Å². The Bertz CT molecular complexity index is 1520. The number of nitrogens with one attached hydrogen (secondary N) is 1. The molecular weight excluding hydrogens is 492 g/mol. The van der Waals surface area contributed by atoms with Crippen LogP contribution in [0.3, 0.4) is 0 Å². The Morgan fingerprint density at radius 2 is 1.92 bits per heavy atom. The van der Waals surface area contributed by atoms with Crippen molar-refractivity contribution in [2.24, 2.45) is 17.9 Å². The van der Waals surface area contributed by atoms with Crippen molar-refractivity contribution in [1.29, 1.82) is 5.41 Å². The number of nitrogens with two attached hydrogens (primary N) is 1. The molecule has 200 valence electrons. The first-order valence-electron chi connectivity index (χ1n) is 13.1. The van der Waals surface area contributed by atoms with Crippen molar-refractivity contribution in [3.05, 3.63) is 95.1 Å². The molecule has 1 fully saturated rings. The number of hydrogen-bond donors (Lipinski definition) is 2. The number of nitrogens with zero attached hydrogens (tertiary/aromatic N) is 4. The van der Waals surface area contributed by atoms with Crippen LogP contribution in [0.1, 0.15) is 48.0 Å². The molecule has 1 aliphatic rings. The zero-order chi connectivity index (χ0) is 27.4. The van der Waals surface area contributed by atoms with E-state index in [1.54, 1.807) is 13.1 Å². The average molecular weight is 525 g/mol. The van der Waals surface area contributed by atoms with Gasteiger partial charge in [-0.15, -0.1) is 0 Å². The summed E-state index contributed by atoms with van der Waals surface area (Å²) in [4.78, 5) is 26.8. The SMILES string of the molecule is CCOC(=O)CON=C(c1ccccn1)C1(c2ccc3c(c2)nc(CCc2ccc(C(=N)N)cc2)n3C)CC1. The number of fused-ring (bicyclic) bond motifs is 1. The number of imidazole rings is 1. The second-order valence-corrected chi connectivity index (χ2v) is 9.72. The first kappa shape index (κ1) is 26.1. The van der Waals surface area contributed by atoms with Crippen molar-refractivity contribution in [2.45, 2.75) is 38.0 Å². The lowest BCUT2D eigenvalue weighted by Crippen LogP contribution is -2.24. The Hall–Kier alpha value is -4.53. The van der Waals surface area contributed by atoms with E-state index in [2.05, 4.69) is 32.9 Å². The van der Waals surface area contributed by atoms with Gasteiger partial charge in [0.25, 0.3) is 0 Å². The van der Waals surface area contributed by atoms with E-state index in [0.717, 1.165) is 59.4 Å². The number of benzene rings is 2. The number of aromatic nitrogens is 3. The number of oxime groups is 1. The van der Waals surface area contributed by atoms with E-state index in [-0.39, 0.29) is 17.9 Å². The molecule has 4 aromatic rings. The second kappa shape index (κ2) is 11.1. The maximum Gasteiger partial charge on any atom is 0.347 e. The van der Waals surface area contributed by atoms with E-state index >= 15 is 0 Å². The fraction of sp³-hybridized carbons (Fsp3) is 0.300. The van der Waals surface area contributed by atoms with Crippen LogP contribution >= 0.6 is 0 Å². The number of nitrogen functional groups attached to an aromatic ring is 1. The van der Waals surface area contributed by atoms with E-state index in [1.807, 2.05) is 49.5 Å². The van der Waals surface area contributed by atoms with Crippen molar-refractivity contribution < 1.29 is 14.4 Å². The van der Waals surface area contributed by atoms with Gasteiger partial charge >= 0.3 is 5.97 Å². The van der Waals surface area contributed by atoms with Crippen molar-refractivity contribution in [2.75, 3.05) is 13.2 Å². The summed E-state index contributed by atoms with van der Waals surface area (Å²) in [6.07, 6.45) is 5.14. The van der Waals surface area contributed by atoms with E-state index in [9.17, 15) is 4.79 Å². The molecule has 1 aliphatic carbocycles. The van der Waals surface area contributed by atoms with Crippen LogP contribution in [0.25, 0.3) is 11.0 Å². The Labute approximate surface area is 227 Å². The molecule has 9 heteroatoms. The number of aryl methyl sites for hydroxylation is 3. The Morgan fingerprint density at radius 3 is 2.59 bits per heavy atom. The Kier molecular flexibility index (Phi) is 7.40. The molecule has 2 aromatic heterocycles. The third-order valence-corrected chi connectivity index (χ3v) is 7.18. The topological polar surface area (TPSA) is 128 Å². The molecule has 0 bridgehead atoms. The number of amidine groups is 1. The predicted octanol–water partition coefficient (Wildman–Crippen LogP) is 4.05. The van der Waals surface area contributed by atoms with Gasteiger partial charge in [0, 0.05) is 30.6 Å². The molecule has 0 spiro atoms. The minimum Gasteiger partial charge on any atom is -0.463 e. The van der Waals surface area contributed by atoms with Crippen molar-refractivity contribution in [1.82, 2.24) is 14.5 Å². The highest BCUT2D eigenvalue weighted by molar-refractivity contribution is 6.08. The van der Waals surface area contributed by atoms with Crippen molar-refractivity contribution in [3.63, 3.8) is 0 Å². The third kappa shape index (κ3) is 5.52. The quantitative estimate of drug-likeness (QED) is 0.132. The number of rotatable bonds is 11. The van der Waals surface area contributed by atoms with Crippen LogP contribution in [0.2, 0.25) is 0 Å². The van der Waals surface area contributed by atoms with Crippen LogP contribution in [-0.2, 0) is 39.7 Å². The van der Waals surface area contributed by atoms with Crippen LogP contribution in [-0.4, -0.2) is 45.3 Å². The number of hydrogen-bond acceptors (Lipinski definition) is 7. The average Bonchev–Trinajstić information content (AvgIpc) is 3.69. The molecule has 0 aliphatic heterocycles. The summed E-state index contributed by atoms with van der Waals surface area (Å²) in [5.41, 5.74) is 11.6. The highest BCUT2D eigenvalue weighted by Crippen LogP contribution is 2.51. The van der Waals surface area contributed by atoms with Crippen molar-refractivity contribution >= 4 is 28.6 Å². The fourth-order valence-electron chi connectivity index (χ4n) is 4.90. The molecule has 1 saturated carbocycles. The van der Waals surface area contributed by atoms with E-state index in [1.165, 1.54) is 5.56 Å². The summed E-state index contributed by atoms with van der Waals surface area (Å²) in [5.74, 6) is 0.616. The van der Waals surface area contributed by atoms with Gasteiger partial charge in [-0.25, -0.2) is 9.78 Å². The third-order valence-electron chi connectivity index (χ3n) is 7.18. The van der Waals surface area contributed by atoms with Gasteiger partial charge in [0.1, 0.15) is 17.4 Å². The minimum atomic E-state index is -0.455. The molecular formula is C30H32N6O3. The highest BCUT2D eigenvalue weighted by Gasteiger charge is 2.50. The van der Waals surface area contributed by atoms with Gasteiger partial charge in [-0.3, -0.25) is 10.4 Å². The second-order valence-electron chi connectivity index (χ2n) is 9.72. The van der Waals surface area contributed by atoms with Gasteiger partial charge in [-0.1, -0.05) is 41.6 Å². The maximum atomic E-state index is 11.8. The largest absolute Gasteiger partial charge is 0.463 e. The van der Waals surface area contributed by atoms with E-state index in [4.69, 9.17) is 25.7 Å². The summed E-state index contributed by atoms with van der Waals surface area (Å²) >= 11 is 0. The summed E-state index contributed by atoms with van der Waals surface area (Å²) in [7, 11) is 2.04. The summed E-state index contributed by atoms with van der Waals surface area (Å²) in [6.45, 7) is 1.80. The summed E-state index contributed by atoms with van der Waals surface area (Å²) in [6, 6.07) is 19.8. The zero-order valence-corrected chi connectivity index (χ0v) is 22.2. The molecule has 9 nitrogen and oxygen atoms in total. The predicted molar refractivity (Wildman–Crippen MR) is 150 cm³/mol. The lowest BCUT2D eigenvalue weighted by Gasteiger charge is -2.18. The van der Waals surface area contributed by atoms with Crippen LogP contribution in [0.4, 0.5) is 0 Å². The van der Waals surface area contributed by atoms with Gasteiger partial charge in [0.2, 0.25) is 6.61 Å². The van der Waals surface area contributed by atoms with Crippen molar-refractivity contribution in [3.8, 4) is 0 Å². The molecule has 0 amide bonds. The Balaban J connectivity index is 1.40. The molecule has 0 saturated heterocycles. The molecule has 39 heavy (non-hydrogen) atoms. The standard InChI is InChI=1S/C30H32N6O3/c1-3-38-27(37)19-39-35-28(23-6-4-5-17-33-23)30(15-16-30)22-12-13-25-24(18-22)34-26(36(25)2)14-9-20-7-10-21(11-8-20)29(31)32/h4-8,10-13,17-18H,3,9,14-16,19H2,1-2H3,(H3,31,32). The molecule has 3 N–H and O–H groups in total. The van der Waals surface area contributed by atoms with E-state index < -0.39 is 5.97 Å². The zero-order valence-electron chi connectivity index (χ0n) is 22.2. The van der Waals surface area contributed by atoms with Crippen LogP contribution in [0.15, 0.2) is 72.0 Å². The fourth-order valence-corrected chi connectivity index (χ4v) is 4.90. The first-order valence-corrected chi connectivity index (χ1v) is 13.1. The molecule has 0 atom stereocenters. The number of pyridine rings is 1. The first-order chi connectivity index (χ1) is 18.9. The molecule has 2 heterocycles. The van der Waals surface area contributed by atoms with Crippen LogP contribution in [0.5, 0.6) is 0 Å². The highest BCUT2D eigenvalue weighted by atomic mass is 16.7. The van der Waals surface area contributed by atoms with Gasteiger partial charge in [-0.2, -0.15) is 0 Å². The number of carbonyl (C=O) groups is 1. The number of esters is 1. The van der Waals surface area contributed by atoms with E-state index in [0.29, 0.717) is 12.3 Å². The summed E-state index contributed by atoms with van der Waals surface area (Å²) < 4.78 is 7.10. The maximum absolute atomic E-state index is 11.8. The van der Waals surface area contributed by atoms with Gasteiger partial charge in [-0.05, 0) is 61.6 Å².